The quantitative estimate of drug-likeness (QED) is 0.579. The van der Waals surface area contributed by atoms with Gasteiger partial charge in [-0.2, -0.15) is 5.10 Å². The zero-order valence-corrected chi connectivity index (χ0v) is 16.7. The molecule has 0 saturated heterocycles. The average Bonchev–Trinajstić information content (AvgIpc) is 3.04. The van der Waals surface area contributed by atoms with Crippen molar-refractivity contribution in [1.29, 1.82) is 0 Å². The van der Waals surface area contributed by atoms with Gasteiger partial charge in [-0.3, -0.25) is 4.79 Å². The summed E-state index contributed by atoms with van der Waals surface area (Å²) in [6, 6.07) is 13.1. The van der Waals surface area contributed by atoms with Gasteiger partial charge in [0.25, 0.3) is 5.91 Å². The fraction of sp³-hybridized carbons (Fsp3) is 0.158. The van der Waals surface area contributed by atoms with Crippen LogP contribution in [0.25, 0.3) is 0 Å². The molecule has 3 aromatic rings. The molecular formula is C19H16BrClFN3O2. The number of carbonyl (C=O) groups is 1. The number of anilines is 1. The SMILES string of the molecule is CC(Oc1ccc(F)cc1Br)C(=O)Nc1ccnn1Cc1cccc(Cl)c1. The van der Waals surface area contributed by atoms with Crippen LogP contribution in [-0.4, -0.2) is 21.8 Å². The predicted molar refractivity (Wildman–Crippen MR) is 106 cm³/mol. The van der Waals surface area contributed by atoms with Crippen LogP contribution in [-0.2, 0) is 11.3 Å². The summed E-state index contributed by atoms with van der Waals surface area (Å²) in [6.45, 7) is 2.07. The standard InChI is InChI=1S/C19H16BrClFN3O2/c1-12(27-17-6-5-15(22)10-16(17)20)19(26)24-18-7-8-23-25(18)11-13-3-2-4-14(21)9-13/h2-10,12H,11H2,1H3,(H,24,26). The van der Waals surface area contributed by atoms with Crippen LogP contribution in [0, 0.1) is 5.82 Å². The first-order chi connectivity index (χ1) is 12.9. The van der Waals surface area contributed by atoms with E-state index in [1.807, 2.05) is 18.2 Å². The van der Waals surface area contributed by atoms with Gasteiger partial charge >= 0.3 is 0 Å². The van der Waals surface area contributed by atoms with Gasteiger partial charge in [-0.15, -0.1) is 0 Å². The van der Waals surface area contributed by atoms with Gasteiger partial charge < -0.3 is 10.1 Å². The molecule has 1 atom stereocenters. The maximum absolute atomic E-state index is 13.2. The number of benzene rings is 2. The molecule has 0 spiro atoms. The van der Waals surface area contributed by atoms with Crippen molar-refractivity contribution in [1.82, 2.24) is 9.78 Å². The van der Waals surface area contributed by atoms with Crippen molar-refractivity contribution >= 4 is 39.3 Å². The summed E-state index contributed by atoms with van der Waals surface area (Å²) < 4.78 is 20.9. The molecule has 2 aromatic carbocycles. The van der Waals surface area contributed by atoms with Crippen molar-refractivity contribution in [3.8, 4) is 5.75 Å². The van der Waals surface area contributed by atoms with Gasteiger partial charge in [-0.1, -0.05) is 23.7 Å². The molecule has 0 fully saturated rings. The van der Waals surface area contributed by atoms with Crippen molar-refractivity contribution in [2.45, 2.75) is 19.6 Å². The highest BCUT2D eigenvalue weighted by molar-refractivity contribution is 9.10. The Morgan fingerprint density at radius 3 is 2.89 bits per heavy atom. The molecule has 1 N–H and O–H groups in total. The van der Waals surface area contributed by atoms with E-state index in [-0.39, 0.29) is 5.91 Å². The first-order valence-corrected chi connectivity index (χ1v) is 9.28. The fourth-order valence-corrected chi connectivity index (χ4v) is 3.07. The van der Waals surface area contributed by atoms with Gasteiger partial charge in [-0.25, -0.2) is 9.07 Å². The second-order valence-corrected chi connectivity index (χ2v) is 7.12. The summed E-state index contributed by atoms with van der Waals surface area (Å²) in [7, 11) is 0. The molecule has 0 bridgehead atoms. The average molecular weight is 453 g/mol. The number of halogens is 3. The van der Waals surface area contributed by atoms with E-state index in [1.54, 1.807) is 29.9 Å². The van der Waals surface area contributed by atoms with Gasteiger partial charge in [0, 0.05) is 11.1 Å². The molecule has 5 nitrogen and oxygen atoms in total. The van der Waals surface area contributed by atoms with Gasteiger partial charge in [0.2, 0.25) is 0 Å². The van der Waals surface area contributed by atoms with Gasteiger partial charge in [0.05, 0.1) is 17.2 Å². The van der Waals surface area contributed by atoms with Crippen LogP contribution < -0.4 is 10.1 Å². The van der Waals surface area contributed by atoms with E-state index in [4.69, 9.17) is 16.3 Å². The maximum Gasteiger partial charge on any atom is 0.266 e. The van der Waals surface area contributed by atoms with Crippen LogP contribution in [0.5, 0.6) is 5.75 Å². The topological polar surface area (TPSA) is 56.1 Å². The Hall–Kier alpha value is -2.38. The Morgan fingerprint density at radius 1 is 1.33 bits per heavy atom. The monoisotopic (exact) mass is 451 g/mol. The molecule has 1 heterocycles. The summed E-state index contributed by atoms with van der Waals surface area (Å²) in [5, 5.41) is 7.66. The lowest BCUT2D eigenvalue weighted by atomic mass is 10.2. The number of aromatic nitrogens is 2. The van der Waals surface area contributed by atoms with Crippen molar-refractivity contribution in [2.75, 3.05) is 5.32 Å². The molecular weight excluding hydrogens is 437 g/mol. The zero-order chi connectivity index (χ0) is 19.4. The molecule has 0 saturated carbocycles. The van der Waals surface area contributed by atoms with E-state index in [2.05, 4.69) is 26.3 Å². The van der Waals surface area contributed by atoms with E-state index in [0.29, 0.717) is 27.6 Å². The van der Waals surface area contributed by atoms with E-state index < -0.39 is 11.9 Å². The number of rotatable bonds is 6. The van der Waals surface area contributed by atoms with Crippen LogP contribution in [0.2, 0.25) is 5.02 Å². The molecule has 0 radical (unpaired) electrons. The minimum absolute atomic E-state index is 0.348. The van der Waals surface area contributed by atoms with Crippen LogP contribution in [0.3, 0.4) is 0 Å². The molecule has 0 aliphatic rings. The number of hydrogen-bond donors (Lipinski definition) is 1. The minimum Gasteiger partial charge on any atom is -0.480 e. The number of carbonyl (C=O) groups excluding carboxylic acids is 1. The van der Waals surface area contributed by atoms with E-state index in [0.717, 1.165) is 5.56 Å². The zero-order valence-electron chi connectivity index (χ0n) is 14.3. The second-order valence-electron chi connectivity index (χ2n) is 5.83. The van der Waals surface area contributed by atoms with Crippen molar-refractivity contribution < 1.29 is 13.9 Å². The lowest BCUT2D eigenvalue weighted by Gasteiger charge is -2.16. The molecule has 0 aliphatic heterocycles. The van der Waals surface area contributed by atoms with Crippen LogP contribution in [0.4, 0.5) is 10.2 Å². The van der Waals surface area contributed by atoms with Crippen LogP contribution >= 0.6 is 27.5 Å². The molecule has 0 aliphatic carbocycles. The molecule has 3 rings (SSSR count). The minimum atomic E-state index is -0.790. The Morgan fingerprint density at radius 2 is 2.15 bits per heavy atom. The predicted octanol–water partition coefficient (Wildman–Crippen LogP) is 4.89. The maximum atomic E-state index is 13.2. The lowest BCUT2D eigenvalue weighted by Crippen LogP contribution is -2.31. The summed E-state index contributed by atoms with van der Waals surface area (Å²) in [5.74, 6) is 0.176. The number of nitrogens with one attached hydrogen (secondary N) is 1. The van der Waals surface area contributed by atoms with Crippen molar-refractivity contribution in [2.24, 2.45) is 0 Å². The number of hydrogen-bond acceptors (Lipinski definition) is 3. The van der Waals surface area contributed by atoms with E-state index in [1.165, 1.54) is 18.2 Å². The summed E-state index contributed by atoms with van der Waals surface area (Å²) in [6.07, 6.45) is 0.809. The normalized spacial score (nSPS) is 11.9. The third-order valence-corrected chi connectivity index (χ3v) is 4.61. The molecule has 8 heteroatoms. The number of amides is 1. The molecule has 140 valence electrons. The highest BCUT2D eigenvalue weighted by atomic mass is 79.9. The summed E-state index contributed by atoms with van der Waals surface area (Å²) in [5.41, 5.74) is 0.959. The molecule has 27 heavy (non-hydrogen) atoms. The van der Waals surface area contributed by atoms with Gasteiger partial charge in [0.1, 0.15) is 17.4 Å². The summed E-state index contributed by atoms with van der Waals surface area (Å²) >= 11 is 9.23. The van der Waals surface area contributed by atoms with Gasteiger partial charge in [-0.05, 0) is 58.7 Å². The summed E-state index contributed by atoms with van der Waals surface area (Å²) in [4.78, 5) is 12.5. The third kappa shape index (κ3) is 5.08. The van der Waals surface area contributed by atoms with Crippen LogP contribution in [0.15, 0.2) is 59.2 Å². The van der Waals surface area contributed by atoms with Crippen LogP contribution in [0.1, 0.15) is 12.5 Å². The lowest BCUT2D eigenvalue weighted by molar-refractivity contribution is -0.122. The Bertz CT molecular complexity index is 964. The Kier molecular flexibility index (Phi) is 6.13. The first kappa shape index (κ1) is 19.4. The Labute approximate surface area is 169 Å². The second kappa shape index (κ2) is 8.54. The molecule has 1 unspecified atom stereocenters. The van der Waals surface area contributed by atoms with E-state index >= 15 is 0 Å². The number of ether oxygens (including phenoxy) is 1. The Balaban J connectivity index is 1.66. The highest BCUT2D eigenvalue weighted by Gasteiger charge is 2.18. The highest BCUT2D eigenvalue weighted by Crippen LogP contribution is 2.26. The number of nitrogens with zero attached hydrogens (tertiary/aromatic N) is 2. The fourth-order valence-electron chi connectivity index (χ4n) is 2.42. The third-order valence-electron chi connectivity index (χ3n) is 3.76. The molecule has 1 aromatic heterocycles. The first-order valence-electron chi connectivity index (χ1n) is 8.11. The smallest absolute Gasteiger partial charge is 0.266 e. The van der Waals surface area contributed by atoms with Crippen molar-refractivity contribution in [3.05, 3.63) is 75.6 Å². The largest absolute Gasteiger partial charge is 0.480 e. The van der Waals surface area contributed by atoms with Gasteiger partial charge in [0.15, 0.2) is 6.10 Å². The van der Waals surface area contributed by atoms with Crippen molar-refractivity contribution in [3.63, 3.8) is 0 Å². The molecule has 1 amide bonds. The van der Waals surface area contributed by atoms with E-state index in [9.17, 15) is 9.18 Å².